The number of hydrogen-bond donors (Lipinski definition) is 0. The lowest BCUT2D eigenvalue weighted by molar-refractivity contribution is 0.0641. The molecule has 1 aromatic carbocycles. The van der Waals surface area contributed by atoms with Gasteiger partial charge in [-0.1, -0.05) is 0 Å². The Morgan fingerprint density at radius 2 is 2.04 bits per heavy atom. The van der Waals surface area contributed by atoms with E-state index < -0.39 is 0 Å². The van der Waals surface area contributed by atoms with Crippen LogP contribution in [-0.4, -0.2) is 33.2 Å². The third-order valence-corrected chi connectivity index (χ3v) is 5.99. The minimum atomic E-state index is -0.273. The molecular weight excluding hydrogens is 337 g/mol. The highest BCUT2D eigenvalue weighted by molar-refractivity contribution is 7.20. The lowest BCUT2D eigenvalue weighted by Gasteiger charge is -2.33. The number of amides is 1. The van der Waals surface area contributed by atoms with Gasteiger partial charge in [0.2, 0.25) is 0 Å². The number of benzene rings is 1. The summed E-state index contributed by atoms with van der Waals surface area (Å²) in [6, 6.07) is 8.50. The van der Waals surface area contributed by atoms with Crippen molar-refractivity contribution in [2.24, 2.45) is 0 Å². The Balaban J connectivity index is 1.74. The highest BCUT2D eigenvalue weighted by atomic mass is 32.1. The molecule has 1 aliphatic heterocycles. The molecule has 0 radical (unpaired) electrons. The number of likely N-dealkylation sites (tertiary alicyclic amines) is 1. The van der Waals surface area contributed by atoms with Gasteiger partial charge in [0.15, 0.2) is 0 Å². The first kappa shape index (κ1) is 16.3. The number of fused-ring (bicyclic) bond motifs is 1. The van der Waals surface area contributed by atoms with Gasteiger partial charge in [-0.05, 0) is 63.4 Å². The molecule has 1 amide bonds. The first-order valence-corrected chi connectivity index (χ1v) is 9.42. The van der Waals surface area contributed by atoms with Gasteiger partial charge in [-0.25, -0.2) is 9.07 Å². The SMILES string of the molecule is Cc1nn(-c2ccc(F)cc2)c2sc(C(=O)N3CCCCC3C)cc12. The molecule has 4 rings (SSSR count). The topological polar surface area (TPSA) is 38.1 Å². The second-order valence-corrected chi connectivity index (χ2v) is 7.68. The first-order valence-electron chi connectivity index (χ1n) is 8.60. The summed E-state index contributed by atoms with van der Waals surface area (Å²) in [5.41, 5.74) is 1.67. The molecule has 0 saturated carbocycles. The van der Waals surface area contributed by atoms with Crippen LogP contribution in [0.1, 0.15) is 41.6 Å². The number of halogens is 1. The molecule has 3 heterocycles. The average molecular weight is 357 g/mol. The quantitative estimate of drug-likeness (QED) is 0.675. The zero-order valence-corrected chi connectivity index (χ0v) is 15.1. The van der Waals surface area contributed by atoms with E-state index in [0.717, 1.165) is 45.9 Å². The molecule has 130 valence electrons. The van der Waals surface area contributed by atoms with Crippen LogP contribution in [-0.2, 0) is 0 Å². The second kappa shape index (κ2) is 6.26. The molecule has 4 nitrogen and oxygen atoms in total. The smallest absolute Gasteiger partial charge is 0.264 e. The van der Waals surface area contributed by atoms with E-state index in [4.69, 9.17) is 0 Å². The summed E-state index contributed by atoms with van der Waals surface area (Å²) in [5.74, 6) is -0.163. The summed E-state index contributed by atoms with van der Waals surface area (Å²) in [6.45, 7) is 4.89. The van der Waals surface area contributed by atoms with Crippen molar-refractivity contribution in [3.8, 4) is 5.69 Å². The molecule has 25 heavy (non-hydrogen) atoms. The molecule has 1 saturated heterocycles. The van der Waals surface area contributed by atoms with E-state index in [-0.39, 0.29) is 11.7 Å². The normalized spacial score (nSPS) is 18.0. The molecule has 0 N–H and O–H groups in total. The summed E-state index contributed by atoms with van der Waals surface area (Å²) in [6.07, 6.45) is 3.33. The molecule has 2 aromatic heterocycles. The molecule has 1 unspecified atom stereocenters. The highest BCUT2D eigenvalue weighted by Crippen LogP contribution is 2.32. The fourth-order valence-electron chi connectivity index (χ4n) is 3.45. The molecule has 6 heteroatoms. The number of piperidine rings is 1. The number of rotatable bonds is 2. The standard InChI is InChI=1S/C19H20FN3OS/c1-12-5-3-4-10-22(12)18(24)17-11-16-13(2)21-23(19(16)25-17)15-8-6-14(20)7-9-15/h6-9,11-12H,3-5,10H2,1-2H3. The molecule has 0 aliphatic carbocycles. The summed E-state index contributed by atoms with van der Waals surface area (Å²) < 4.78 is 15.0. The van der Waals surface area contributed by atoms with Gasteiger partial charge in [-0.2, -0.15) is 5.10 Å². The predicted octanol–water partition coefficient (Wildman–Crippen LogP) is 4.55. The fourth-order valence-corrected chi connectivity index (χ4v) is 4.59. The van der Waals surface area contributed by atoms with Crippen LogP contribution in [0.4, 0.5) is 4.39 Å². The Hall–Kier alpha value is -2.21. The Labute approximate surface area is 149 Å². The lowest BCUT2D eigenvalue weighted by Crippen LogP contribution is -2.41. The maximum atomic E-state index is 13.2. The Morgan fingerprint density at radius 1 is 1.28 bits per heavy atom. The Bertz CT molecular complexity index is 928. The van der Waals surface area contributed by atoms with E-state index in [0.29, 0.717) is 6.04 Å². The van der Waals surface area contributed by atoms with Crippen molar-refractivity contribution in [2.75, 3.05) is 6.54 Å². The van der Waals surface area contributed by atoms with Gasteiger partial charge >= 0.3 is 0 Å². The average Bonchev–Trinajstić information content (AvgIpc) is 3.17. The van der Waals surface area contributed by atoms with Gasteiger partial charge in [0, 0.05) is 18.0 Å². The largest absolute Gasteiger partial charge is 0.335 e. The van der Waals surface area contributed by atoms with Gasteiger partial charge in [0.05, 0.1) is 16.3 Å². The van der Waals surface area contributed by atoms with Crippen LogP contribution in [0.5, 0.6) is 0 Å². The monoisotopic (exact) mass is 357 g/mol. The van der Waals surface area contributed by atoms with Gasteiger partial charge in [0.25, 0.3) is 5.91 Å². The predicted molar refractivity (Wildman–Crippen MR) is 98.0 cm³/mol. The zero-order chi connectivity index (χ0) is 17.6. The minimum Gasteiger partial charge on any atom is -0.335 e. The van der Waals surface area contributed by atoms with Crippen LogP contribution < -0.4 is 0 Å². The Kier molecular flexibility index (Phi) is 4.07. The molecule has 0 spiro atoms. The third kappa shape index (κ3) is 2.84. The number of carbonyl (C=O) groups excluding carboxylic acids is 1. The van der Waals surface area contributed by atoms with Gasteiger partial charge in [0.1, 0.15) is 10.6 Å². The number of aryl methyl sites for hydroxylation is 1. The van der Waals surface area contributed by atoms with Crippen molar-refractivity contribution < 1.29 is 9.18 Å². The van der Waals surface area contributed by atoms with Crippen molar-refractivity contribution in [3.05, 3.63) is 46.7 Å². The van der Waals surface area contributed by atoms with Gasteiger partial charge < -0.3 is 4.90 Å². The lowest BCUT2D eigenvalue weighted by atomic mass is 10.0. The Morgan fingerprint density at radius 3 is 2.76 bits per heavy atom. The summed E-state index contributed by atoms with van der Waals surface area (Å²) in [4.78, 5) is 16.6. The maximum Gasteiger partial charge on any atom is 0.264 e. The second-order valence-electron chi connectivity index (χ2n) is 6.65. The summed E-state index contributed by atoms with van der Waals surface area (Å²) >= 11 is 1.46. The number of carbonyl (C=O) groups is 1. The maximum absolute atomic E-state index is 13.2. The van der Waals surface area contributed by atoms with Crippen molar-refractivity contribution in [1.82, 2.24) is 14.7 Å². The number of hydrogen-bond acceptors (Lipinski definition) is 3. The van der Waals surface area contributed by atoms with Crippen LogP contribution in [0.15, 0.2) is 30.3 Å². The van der Waals surface area contributed by atoms with E-state index in [9.17, 15) is 9.18 Å². The van der Waals surface area contributed by atoms with Gasteiger partial charge in [-0.3, -0.25) is 4.79 Å². The summed E-state index contributed by atoms with van der Waals surface area (Å²) in [5, 5.41) is 5.55. The van der Waals surface area contributed by atoms with Crippen LogP contribution >= 0.6 is 11.3 Å². The zero-order valence-electron chi connectivity index (χ0n) is 14.3. The van der Waals surface area contributed by atoms with Crippen molar-refractivity contribution in [3.63, 3.8) is 0 Å². The summed E-state index contributed by atoms with van der Waals surface area (Å²) in [7, 11) is 0. The minimum absolute atomic E-state index is 0.110. The fraction of sp³-hybridized carbons (Fsp3) is 0.368. The van der Waals surface area contributed by atoms with Gasteiger partial charge in [-0.15, -0.1) is 11.3 Å². The molecule has 1 aliphatic rings. The van der Waals surface area contributed by atoms with Crippen LogP contribution in [0.25, 0.3) is 15.9 Å². The van der Waals surface area contributed by atoms with E-state index in [1.54, 1.807) is 16.8 Å². The van der Waals surface area contributed by atoms with Crippen LogP contribution in [0.3, 0.4) is 0 Å². The van der Waals surface area contributed by atoms with E-state index in [2.05, 4.69) is 12.0 Å². The molecule has 3 aromatic rings. The molecular formula is C19H20FN3OS. The van der Waals surface area contributed by atoms with Crippen LogP contribution in [0, 0.1) is 12.7 Å². The van der Waals surface area contributed by atoms with Crippen LogP contribution in [0.2, 0.25) is 0 Å². The number of aromatic nitrogens is 2. The molecule has 1 fully saturated rings. The van der Waals surface area contributed by atoms with E-state index in [1.165, 1.54) is 29.9 Å². The van der Waals surface area contributed by atoms with E-state index in [1.807, 2.05) is 17.9 Å². The number of thiophene rings is 1. The van der Waals surface area contributed by atoms with Crippen molar-refractivity contribution >= 4 is 27.5 Å². The molecule has 1 atom stereocenters. The highest BCUT2D eigenvalue weighted by Gasteiger charge is 2.26. The molecule has 0 bridgehead atoms. The first-order chi connectivity index (χ1) is 12.0. The number of nitrogens with zero attached hydrogens (tertiary/aromatic N) is 3. The van der Waals surface area contributed by atoms with Crippen molar-refractivity contribution in [1.29, 1.82) is 0 Å². The van der Waals surface area contributed by atoms with E-state index >= 15 is 0 Å². The third-order valence-electron chi connectivity index (χ3n) is 4.89. The van der Waals surface area contributed by atoms with Crippen molar-refractivity contribution in [2.45, 2.75) is 39.2 Å².